The fourth-order valence-corrected chi connectivity index (χ4v) is 5.44. The van der Waals surface area contributed by atoms with Gasteiger partial charge in [-0.3, -0.25) is 4.79 Å². The van der Waals surface area contributed by atoms with E-state index in [1.165, 1.54) is 46.4 Å². The average Bonchev–Trinajstić information content (AvgIpc) is 3.32. The normalized spacial score (nSPS) is 14.9. The SMILES string of the molecule is O=C(CCCSc1nnc(-c2cccc(S(=O)(=O)N3CCOCC3)c2)o1)c1ccc(F)cc1. The highest BCUT2D eigenvalue weighted by molar-refractivity contribution is 7.99. The second kappa shape index (κ2) is 10.6. The predicted octanol–water partition coefficient (Wildman–Crippen LogP) is 3.65. The molecule has 2 heterocycles. The lowest BCUT2D eigenvalue weighted by atomic mass is 10.1. The number of Topliss-reactive ketones (excluding diaryl/α,β-unsaturated/α-hetero) is 1. The molecule has 0 aliphatic carbocycles. The Morgan fingerprint density at radius 2 is 1.85 bits per heavy atom. The van der Waals surface area contributed by atoms with Crippen LogP contribution in [0.15, 0.2) is 63.1 Å². The molecular weight excluding hydrogens is 469 g/mol. The van der Waals surface area contributed by atoms with E-state index in [1.807, 2.05) is 0 Å². The number of morpholine rings is 1. The fourth-order valence-electron chi connectivity index (χ4n) is 3.28. The van der Waals surface area contributed by atoms with Gasteiger partial charge in [0.25, 0.3) is 5.22 Å². The number of carbonyl (C=O) groups excluding carboxylic acids is 1. The van der Waals surface area contributed by atoms with Crippen LogP contribution in [0.5, 0.6) is 0 Å². The van der Waals surface area contributed by atoms with Crippen molar-refractivity contribution in [3.05, 3.63) is 59.9 Å². The van der Waals surface area contributed by atoms with E-state index in [1.54, 1.807) is 18.2 Å². The minimum Gasteiger partial charge on any atom is -0.411 e. The van der Waals surface area contributed by atoms with Crippen molar-refractivity contribution >= 4 is 27.6 Å². The number of nitrogens with zero attached hydrogens (tertiary/aromatic N) is 3. The molecule has 33 heavy (non-hydrogen) atoms. The third kappa shape index (κ3) is 5.85. The maximum atomic E-state index is 13.0. The van der Waals surface area contributed by atoms with Crippen molar-refractivity contribution in [2.45, 2.75) is 23.0 Å². The van der Waals surface area contributed by atoms with Crippen LogP contribution in [0.3, 0.4) is 0 Å². The summed E-state index contributed by atoms with van der Waals surface area (Å²) in [5.41, 5.74) is 0.989. The number of ether oxygens (including phenoxy) is 1. The third-order valence-electron chi connectivity index (χ3n) is 5.04. The Hall–Kier alpha value is -2.60. The summed E-state index contributed by atoms with van der Waals surface area (Å²) < 4.78 is 51.0. The van der Waals surface area contributed by atoms with Gasteiger partial charge in [-0.25, -0.2) is 12.8 Å². The van der Waals surface area contributed by atoms with Gasteiger partial charge < -0.3 is 9.15 Å². The minimum atomic E-state index is -3.63. The molecule has 0 unspecified atom stereocenters. The maximum Gasteiger partial charge on any atom is 0.276 e. The van der Waals surface area contributed by atoms with Crippen LogP contribution >= 0.6 is 11.8 Å². The summed E-state index contributed by atoms with van der Waals surface area (Å²) in [4.78, 5) is 12.3. The smallest absolute Gasteiger partial charge is 0.276 e. The van der Waals surface area contributed by atoms with E-state index in [-0.39, 0.29) is 22.4 Å². The van der Waals surface area contributed by atoms with E-state index < -0.39 is 10.0 Å². The number of aromatic nitrogens is 2. The quantitative estimate of drug-likeness (QED) is 0.254. The van der Waals surface area contributed by atoms with Gasteiger partial charge >= 0.3 is 0 Å². The molecule has 1 fully saturated rings. The van der Waals surface area contributed by atoms with E-state index >= 15 is 0 Å². The molecule has 0 amide bonds. The molecule has 0 spiro atoms. The van der Waals surface area contributed by atoms with Gasteiger partial charge in [-0.15, -0.1) is 10.2 Å². The predicted molar refractivity (Wildman–Crippen MR) is 120 cm³/mol. The summed E-state index contributed by atoms with van der Waals surface area (Å²) in [5.74, 6) is 0.373. The average molecular weight is 492 g/mol. The molecule has 174 valence electrons. The van der Waals surface area contributed by atoms with Crippen molar-refractivity contribution in [2.24, 2.45) is 0 Å². The summed E-state index contributed by atoms with van der Waals surface area (Å²) in [7, 11) is -3.63. The summed E-state index contributed by atoms with van der Waals surface area (Å²) in [6.07, 6.45) is 0.910. The highest BCUT2D eigenvalue weighted by Gasteiger charge is 2.27. The summed E-state index contributed by atoms with van der Waals surface area (Å²) >= 11 is 1.32. The first-order chi connectivity index (χ1) is 15.9. The Kier molecular flexibility index (Phi) is 7.53. The van der Waals surface area contributed by atoms with Crippen LogP contribution < -0.4 is 0 Å². The lowest BCUT2D eigenvalue weighted by Gasteiger charge is -2.26. The van der Waals surface area contributed by atoms with Gasteiger partial charge in [0, 0.05) is 36.4 Å². The van der Waals surface area contributed by atoms with Gasteiger partial charge in [0.05, 0.1) is 18.1 Å². The number of thioether (sulfide) groups is 1. The number of benzene rings is 2. The number of hydrogen-bond acceptors (Lipinski definition) is 8. The number of halogens is 1. The number of hydrogen-bond donors (Lipinski definition) is 0. The van der Waals surface area contributed by atoms with Crippen molar-refractivity contribution in [1.29, 1.82) is 0 Å². The lowest BCUT2D eigenvalue weighted by molar-refractivity contribution is 0.0730. The zero-order valence-corrected chi connectivity index (χ0v) is 19.3. The van der Waals surface area contributed by atoms with Gasteiger partial charge in [-0.05, 0) is 48.9 Å². The molecule has 3 aromatic rings. The molecule has 0 radical (unpaired) electrons. The Balaban J connectivity index is 1.34. The van der Waals surface area contributed by atoms with Gasteiger partial charge in [0.1, 0.15) is 5.82 Å². The molecule has 0 bridgehead atoms. The van der Waals surface area contributed by atoms with Crippen LogP contribution in [0.25, 0.3) is 11.5 Å². The molecule has 4 rings (SSSR count). The van der Waals surface area contributed by atoms with E-state index in [9.17, 15) is 17.6 Å². The summed E-state index contributed by atoms with van der Waals surface area (Å²) in [6, 6.07) is 11.9. The summed E-state index contributed by atoms with van der Waals surface area (Å²) in [5, 5.41) is 8.36. The number of ketones is 1. The van der Waals surface area contributed by atoms with Crippen LogP contribution in [0.4, 0.5) is 4.39 Å². The van der Waals surface area contributed by atoms with Crippen molar-refractivity contribution in [1.82, 2.24) is 14.5 Å². The van der Waals surface area contributed by atoms with Crippen LogP contribution in [0.2, 0.25) is 0 Å². The van der Waals surface area contributed by atoms with Gasteiger partial charge in [0.2, 0.25) is 15.9 Å². The molecule has 11 heteroatoms. The van der Waals surface area contributed by atoms with Crippen molar-refractivity contribution in [2.75, 3.05) is 32.1 Å². The third-order valence-corrected chi connectivity index (χ3v) is 7.83. The second-order valence-electron chi connectivity index (χ2n) is 7.30. The van der Waals surface area contributed by atoms with E-state index in [2.05, 4.69) is 10.2 Å². The van der Waals surface area contributed by atoms with Gasteiger partial charge in [0.15, 0.2) is 5.78 Å². The van der Waals surface area contributed by atoms with E-state index in [0.717, 1.165) is 0 Å². The number of sulfonamides is 1. The molecule has 1 saturated heterocycles. The van der Waals surface area contributed by atoms with E-state index in [4.69, 9.17) is 9.15 Å². The fraction of sp³-hybridized carbons (Fsp3) is 0.318. The molecular formula is C22H22FN3O5S2. The van der Waals surface area contributed by atoms with Gasteiger partial charge in [-0.2, -0.15) is 4.31 Å². The first-order valence-corrected chi connectivity index (χ1v) is 12.8. The van der Waals surface area contributed by atoms with Crippen LogP contribution in [0, 0.1) is 5.82 Å². The standard InChI is InChI=1S/C22H22FN3O5S2/c23-18-8-6-16(7-9-18)20(27)5-2-14-32-22-25-24-21(31-22)17-3-1-4-19(15-17)33(28,29)26-10-12-30-13-11-26/h1,3-4,6-9,15H,2,5,10-14H2. The molecule has 0 saturated carbocycles. The topological polar surface area (TPSA) is 103 Å². The summed E-state index contributed by atoms with van der Waals surface area (Å²) in [6.45, 7) is 1.38. The second-order valence-corrected chi connectivity index (χ2v) is 10.3. The first kappa shape index (κ1) is 23.6. The minimum absolute atomic E-state index is 0.0555. The Bertz CT molecular complexity index is 1210. The molecule has 0 atom stereocenters. The highest BCUT2D eigenvalue weighted by atomic mass is 32.2. The Morgan fingerprint density at radius 1 is 1.09 bits per heavy atom. The van der Waals surface area contributed by atoms with Crippen LogP contribution in [0.1, 0.15) is 23.2 Å². The Morgan fingerprint density at radius 3 is 2.61 bits per heavy atom. The van der Waals surface area contributed by atoms with Crippen molar-refractivity contribution < 1.29 is 26.8 Å². The zero-order valence-electron chi connectivity index (χ0n) is 17.6. The molecule has 1 aromatic heterocycles. The zero-order chi connectivity index (χ0) is 23.3. The highest BCUT2D eigenvalue weighted by Crippen LogP contribution is 2.27. The molecule has 1 aliphatic rings. The van der Waals surface area contributed by atoms with Gasteiger partial charge in [-0.1, -0.05) is 17.8 Å². The largest absolute Gasteiger partial charge is 0.411 e. The number of carbonyl (C=O) groups is 1. The molecule has 1 aliphatic heterocycles. The lowest BCUT2D eigenvalue weighted by Crippen LogP contribution is -2.40. The maximum absolute atomic E-state index is 13.0. The van der Waals surface area contributed by atoms with Crippen molar-refractivity contribution in [3.63, 3.8) is 0 Å². The number of rotatable bonds is 9. The molecule has 8 nitrogen and oxygen atoms in total. The monoisotopic (exact) mass is 491 g/mol. The molecule has 2 aromatic carbocycles. The van der Waals surface area contributed by atoms with E-state index in [0.29, 0.717) is 61.2 Å². The van der Waals surface area contributed by atoms with Crippen molar-refractivity contribution in [3.8, 4) is 11.5 Å². The van der Waals surface area contributed by atoms with Crippen LogP contribution in [-0.2, 0) is 14.8 Å². The Labute approximate surface area is 195 Å². The first-order valence-electron chi connectivity index (χ1n) is 10.4. The molecule has 0 N–H and O–H groups in total. The van der Waals surface area contributed by atoms with Crippen LogP contribution in [-0.4, -0.2) is 60.8 Å².